The maximum absolute atomic E-state index is 12.4. The summed E-state index contributed by atoms with van der Waals surface area (Å²) in [5.74, 6) is -0.341. The van der Waals surface area contributed by atoms with Crippen molar-refractivity contribution in [1.82, 2.24) is 29.7 Å². The number of nitrogens with zero attached hydrogens (tertiary/aromatic N) is 5. The Morgan fingerprint density at radius 2 is 2.18 bits per heavy atom. The summed E-state index contributed by atoms with van der Waals surface area (Å²) in [6, 6.07) is 1.52. The Morgan fingerprint density at radius 3 is 2.82 bits per heavy atom. The van der Waals surface area contributed by atoms with Crippen LogP contribution in [0.4, 0.5) is 0 Å². The highest BCUT2D eigenvalue weighted by molar-refractivity contribution is 6.36. The van der Waals surface area contributed by atoms with Crippen molar-refractivity contribution in [2.45, 2.75) is 19.9 Å². The van der Waals surface area contributed by atoms with Crippen LogP contribution in [-0.2, 0) is 7.05 Å². The predicted octanol–water partition coefficient (Wildman–Crippen LogP) is 1.92. The molecule has 0 radical (unpaired) electrons. The third kappa shape index (κ3) is 2.43. The minimum atomic E-state index is -0.341. The summed E-state index contributed by atoms with van der Waals surface area (Å²) in [5, 5.41) is 11.6. The fourth-order valence-corrected chi connectivity index (χ4v) is 2.65. The van der Waals surface area contributed by atoms with Crippen LogP contribution in [0.25, 0.3) is 5.65 Å². The highest BCUT2D eigenvalue weighted by Gasteiger charge is 2.21. The molecule has 0 aromatic carbocycles. The van der Waals surface area contributed by atoms with E-state index in [-0.39, 0.29) is 22.7 Å². The van der Waals surface area contributed by atoms with Crippen molar-refractivity contribution in [1.29, 1.82) is 0 Å². The Bertz CT molecular complexity index is 852. The molecule has 8 heteroatoms. The number of halogens is 1. The van der Waals surface area contributed by atoms with E-state index in [2.05, 4.69) is 20.5 Å². The van der Waals surface area contributed by atoms with Crippen LogP contribution in [0.15, 0.2) is 24.7 Å². The standard InChI is InChI=1S/C14H15ClN6O/c1-8(10-7-20(3)18-9(10)2)17-14(22)12-11(15)13-16-5-4-6-21(13)19-12/h4-8H,1-3H3,(H,17,22). The summed E-state index contributed by atoms with van der Waals surface area (Å²) in [5.41, 5.74) is 2.44. The number of hydrogen-bond acceptors (Lipinski definition) is 4. The zero-order valence-electron chi connectivity index (χ0n) is 12.4. The minimum absolute atomic E-state index is 0.161. The van der Waals surface area contributed by atoms with Gasteiger partial charge in [-0.3, -0.25) is 9.48 Å². The quantitative estimate of drug-likeness (QED) is 0.800. The van der Waals surface area contributed by atoms with Crippen LogP contribution in [0.5, 0.6) is 0 Å². The second kappa shape index (κ2) is 5.42. The summed E-state index contributed by atoms with van der Waals surface area (Å²) in [6.07, 6.45) is 5.18. The van der Waals surface area contributed by atoms with Crippen LogP contribution in [0.2, 0.25) is 5.02 Å². The molecule has 3 heterocycles. The van der Waals surface area contributed by atoms with Crippen molar-refractivity contribution >= 4 is 23.2 Å². The number of amides is 1. The zero-order chi connectivity index (χ0) is 15.9. The molecule has 0 fully saturated rings. The first-order valence-electron chi connectivity index (χ1n) is 6.77. The molecule has 22 heavy (non-hydrogen) atoms. The normalized spacial score (nSPS) is 12.5. The van der Waals surface area contributed by atoms with Gasteiger partial charge in [0.05, 0.1) is 11.7 Å². The van der Waals surface area contributed by atoms with Gasteiger partial charge in [-0.05, 0) is 19.9 Å². The summed E-state index contributed by atoms with van der Waals surface area (Å²) >= 11 is 6.19. The monoisotopic (exact) mass is 318 g/mol. The van der Waals surface area contributed by atoms with Gasteiger partial charge in [-0.25, -0.2) is 9.50 Å². The number of fused-ring (bicyclic) bond motifs is 1. The van der Waals surface area contributed by atoms with Gasteiger partial charge in [0.15, 0.2) is 11.3 Å². The van der Waals surface area contributed by atoms with E-state index in [1.165, 1.54) is 4.52 Å². The maximum atomic E-state index is 12.4. The van der Waals surface area contributed by atoms with Gasteiger partial charge in [-0.15, -0.1) is 0 Å². The topological polar surface area (TPSA) is 77.1 Å². The molecule has 0 saturated carbocycles. The van der Waals surface area contributed by atoms with Gasteiger partial charge in [-0.2, -0.15) is 10.2 Å². The molecule has 0 aliphatic rings. The Kier molecular flexibility index (Phi) is 3.58. The van der Waals surface area contributed by atoms with E-state index in [4.69, 9.17) is 11.6 Å². The number of aryl methyl sites for hydroxylation is 2. The maximum Gasteiger partial charge on any atom is 0.273 e. The molecule has 7 nitrogen and oxygen atoms in total. The smallest absolute Gasteiger partial charge is 0.273 e. The number of carbonyl (C=O) groups excluding carboxylic acids is 1. The van der Waals surface area contributed by atoms with Gasteiger partial charge in [0.25, 0.3) is 5.91 Å². The average molecular weight is 319 g/mol. The third-order valence-electron chi connectivity index (χ3n) is 3.42. The zero-order valence-corrected chi connectivity index (χ0v) is 13.2. The van der Waals surface area contributed by atoms with E-state index in [0.717, 1.165) is 11.3 Å². The van der Waals surface area contributed by atoms with E-state index in [1.54, 1.807) is 23.1 Å². The molecule has 0 saturated heterocycles. The Labute approximate surface area is 131 Å². The second-order valence-electron chi connectivity index (χ2n) is 5.09. The Morgan fingerprint density at radius 1 is 1.41 bits per heavy atom. The van der Waals surface area contributed by atoms with E-state index in [1.807, 2.05) is 27.1 Å². The third-order valence-corrected chi connectivity index (χ3v) is 3.77. The number of carbonyl (C=O) groups is 1. The van der Waals surface area contributed by atoms with Gasteiger partial charge in [-0.1, -0.05) is 11.6 Å². The summed E-state index contributed by atoms with van der Waals surface area (Å²) in [4.78, 5) is 16.5. The second-order valence-corrected chi connectivity index (χ2v) is 5.47. The SMILES string of the molecule is Cc1nn(C)cc1C(C)NC(=O)c1nn2cccnc2c1Cl. The van der Waals surface area contributed by atoms with Crippen LogP contribution >= 0.6 is 11.6 Å². The van der Waals surface area contributed by atoms with Gasteiger partial charge >= 0.3 is 0 Å². The lowest BCUT2D eigenvalue weighted by Gasteiger charge is -2.12. The number of nitrogens with one attached hydrogen (secondary N) is 1. The van der Waals surface area contributed by atoms with Crippen LogP contribution < -0.4 is 5.32 Å². The molecule has 1 amide bonds. The number of aromatic nitrogens is 5. The van der Waals surface area contributed by atoms with Gasteiger partial charge in [0.1, 0.15) is 5.02 Å². The van der Waals surface area contributed by atoms with Crippen molar-refractivity contribution in [2.75, 3.05) is 0 Å². The first-order chi connectivity index (χ1) is 10.5. The highest BCUT2D eigenvalue weighted by Crippen LogP contribution is 2.21. The lowest BCUT2D eigenvalue weighted by atomic mass is 10.1. The highest BCUT2D eigenvalue weighted by atomic mass is 35.5. The number of rotatable bonds is 3. The lowest BCUT2D eigenvalue weighted by molar-refractivity contribution is 0.0934. The van der Waals surface area contributed by atoms with Crippen molar-refractivity contribution in [3.05, 3.63) is 46.6 Å². The lowest BCUT2D eigenvalue weighted by Crippen LogP contribution is -2.27. The molecule has 1 N–H and O–H groups in total. The van der Waals surface area contributed by atoms with E-state index >= 15 is 0 Å². The minimum Gasteiger partial charge on any atom is -0.344 e. The molecule has 0 spiro atoms. The van der Waals surface area contributed by atoms with Crippen LogP contribution in [0.1, 0.15) is 34.7 Å². The molecular weight excluding hydrogens is 304 g/mol. The molecule has 1 unspecified atom stereocenters. The molecule has 3 aromatic rings. The summed E-state index contributed by atoms with van der Waals surface area (Å²) in [7, 11) is 1.84. The van der Waals surface area contributed by atoms with E-state index in [0.29, 0.717) is 5.65 Å². The van der Waals surface area contributed by atoms with Gasteiger partial charge in [0.2, 0.25) is 0 Å². The summed E-state index contributed by atoms with van der Waals surface area (Å²) in [6.45, 7) is 3.80. The van der Waals surface area contributed by atoms with Crippen LogP contribution in [-0.4, -0.2) is 30.3 Å². The van der Waals surface area contributed by atoms with E-state index in [9.17, 15) is 4.79 Å². The number of hydrogen-bond donors (Lipinski definition) is 1. The molecular formula is C14H15ClN6O. The molecule has 1 atom stereocenters. The van der Waals surface area contributed by atoms with Crippen LogP contribution in [0, 0.1) is 6.92 Å². The van der Waals surface area contributed by atoms with Gasteiger partial charge < -0.3 is 5.32 Å². The molecule has 3 rings (SSSR count). The molecule has 0 aliphatic carbocycles. The van der Waals surface area contributed by atoms with Crippen LogP contribution in [0.3, 0.4) is 0 Å². The Hall–Kier alpha value is -2.41. The largest absolute Gasteiger partial charge is 0.344 e. The van der Waals surface area contributed by atoms with Crippen molar-refractivity contribution in [3.63, 3.8) is 0 Å². The van der Waals surface area contributed by atoms with Crippen molar-refractivity contribution in [2.24, 2.45) is 7.05 Å². The van der Waals surface area contributed by atoms with E-state index < -0.39 is 0 Å². The molecule has 3 aromatic heterocycles. The van der Waals surface area contributed by atoms with Gasteiger partial charge in [0, 0.05) is 31.2 Å². The van der Waals surface area contributed by atoms with Crippen molar-refractivity contribution in [3.8, 4) is 0 Å². The predicted molar refractivity (Wildman–Crippen MR) is 81.8 cm³/mol. The fraction of sp³-hybridized carbons (Fsp3) is 0.286. The first kappa shape index (κ1) is 14.5. The average Bonchev–Trinajstić information content (AvgIpc) is 2.99. The molecule has 0 bridgehead atoms. The summed E-state index contributed by atoms with van der Waals surface area (Å²) < 4.78 is 3.20. The van der Waals surface area contributed by atoms with Crippen molar-refractivity contribution < 1.29 is 4.79 Å². The molecule has 114 valence electrons. The first-order valence-corrected chi connectivity index (χ1v) is 7.15. The molecule has 0 aliphatic heterocycles. The Balaban J connectivity index is 1.87. The fourth-order valence-electron chi connectivity index (χ4n) is 2.39.